The molecule has 0 aliphatic carbocycles. The van der Waals surface area contributed by atoms with Crippen LogP contribution in [0.25, 0.3) is 0 Å². The summed E-state index contributed by atoms with van der Waals surface area (Å²) in [6.45, 7) is 6.05. The third kappa shape index (κ3) is 6.44. The van der Waals surface area contributed by atoms with Crippen LogP contribution in [0.3, 0.4) is 0 Å². The topological polar surface area (TPSA) is 85.8 Å². The summed E-state index contributed by atoms with van der Waals surface area (Å²) in [5.41, 5.74) is -0.981. The number of aliphatic hydroxyl groups is 1. The lowest BCUT2D eigenvalue weighted by Gasteiger charge is -2.20. The number of aliphatic imine (C=N–C) groups is 1. The van der Waals surface area contributed by atoms with Crippen molar-refractivity contribution in [1.82, 2.24) is 16.0 Å². The van der Waals surface area contributed by atoms with Gasteiger partial charge in [0.15, 0.2) is 5.96 Å². The Labute approximate surface area is 162 Å². The highest BCUT2D eigenvalue weighted by Crippen LogP contribution is 2.25. The molecule has 2 rings (SSSR count). The molecule has 0 bridgehead atoms. The van der Waals surface area contributed by atoms with Crippen molar-refractivity contribution in [2.45, 2.75) is 25.9 Å². The number of nitrogens with zero attached hydrogens (tertiary/aromatic N) is 1. The molecule has 0 aliphatic heterocycles. The van der Waals surface area contributed by atoms with E-state index in [0.29, 0.717) is 19.0 Å². The molecule has 0 aromatic carbocycles. The van der Waals surface area contributed by atoms with Gasteiger partial charge >= 0.3 is 0 Å². The van der Waals surface area contributed by atoms with Crippen LogP contribution >= 0.6 is 22.7 Å². The SMILES string of the molecule is CCNC(=NCC(C)(O)c1cccs1)NCCCNC(=O)c1cccs1. The van der Waals surface area contributed by atoms with Gasteiger partial charge in [0.25, 0.3) is 5.91 Å². The second-order valence-electron chi connectivity index (χ2n) is 5.96. The van der Waals surface area contributed by atoms with Crippen molar-refractivity contribution in [1.29, 1.82) is 0 Å². The largest absolute Gasteiger partial charge is 0.383 e. The predicted octanol–water partition coefficient (Wildman–Crippen LogP) is 2.39. The third-order valence-corrected chi connectivity index (χ3v) is 5.61. The zero-order chi connectivity index (χ0) is 18.8. The molecule has 0 saturated heterocycles. The van der Waals surface area contributed by atoms with Crippen molar-refractivity contribution < 1.29 is 9.90 Å². The van der Waals surface area contributed by atoms with Crippen LogP contribution in [0.5, 0.6) is 0 Å². The number of carbonyl (C=O) groups excluding carboxylic acids is 1. The molecule has 2 aromatic heterocycles. The molecular formula is C18H26N4O2S2. The number of hydrogen-bond donors (Lipinski definition) is 4. The van der Waals surface area contributed by atoms with E-state index in [0.717, 1.165) is 22.7 Å². The summed E-state index contributed by atoms with van der Waals surface area (Å²) in [5.74, 6) is 0.626. The minimum Gasteiger partial charge on any atom is -0.383 e. The molecule has 0 fully saturated rings. The van der Waals surface area contributed by atoms with Gasteiger partial charge in [0.05, 0.1) is 11.4 Å². The Morgan fingerprint density at radius 2 is 1.88 bits per heavy atom. The molecule has 0 saturated carbocycles. The van der Waals surface area contributed by atoms with Crippen molar-refractivity contribution >= 4 is 34.5 Å². The number of carbonyl (C=O) groups is 1. The maximum Gasteiger partial charge on any atom is 0.261 e. The first kappa shape index (κ1) is 20.4. The second-order valence-corrected chi connectivity index (χ2v) is 7.86. The van der Waals surface area contributed by atoms with E-state index in [-0.39, 0.29) is 12.5 Å². The van der Waals surface area contributed by atoms with Crippen LogP contribution in [0, 0.1) is 0 Å². The van der Waals surface area contributed by atoms with Gasteiger partial charge in [-0.2, -0.15) is 0 Å². The summed E-state index contributed by atoms with van der Waals surface area (Å²) in [7, 11) is 0. The van der Waals surface area contributed by atoms with E-state index in [2.05, 4.69) is 20.9 Å². The number of rotatable bonds is 9. The van der Waals surface area contributed by atoms with Crippen LogP contribution in [0.2, 0.25) is 0 Å². The normalized spacial score (nSPS) is 13.9. The Hall–Kier alpha value is -1.90. The summed E-state index contributed by atoms with van der Waals surface area (Å²) >= 11 is 2.96. The van der Waals surface area contributed by atoms with Crippen LogP contribution in [-0.4, -0.2) is 43.2 Å². The molecular weight excluding hydrogens is 368 g/mol. The first-order valence-electron chi connectivity index (χ1n) is 8.63. The zero-order valence-corrected chi connectivity index (χ0v) is 16.8. The molecule has 26 heavy (non-hydrogen) atoms. The van der Waals surface area contributed by atoms with Gasteiger partial charge in [-0.25, -0.2) is 4.99 Å². The molecule has 8 heteroatoms. The summed E-state index contributed by atoms with van der Waals surface area (Å²) in [4.78, 5) is 17.9. The van der Waals surface area contributed by atoms with Crippen molar-refractivity contribution in [3.8, 4) is 0 Å². The Bertz CT molecular complexity index is 682. The molecule has 1 unspecified atom stereocenters. The summed E-state index contributed by atoms with van der Waals surface area (Å²) < 4.78 is 0. The second kappa shape index (κ2) is 10.3. The van der Waals surface area contributed by atoms with Crippen LogP contribution in [0.15, 0.2) is 40.0 Å². The smallest absolute Gasteiger partial charge is 0.261 e. The Kier molecular flexibility index (Phi) is 8.08. The first-order chi connectivity index (χ1) is 12.5. The third-order valence-electron chi connectivity index (χ3n) is 3.62. The summed E-state index contributed by atoms with van der Waals surface area (Å²) in [6.07, 6.45) is 0.781. The summed E-state index contributed by atoms with van der Waals surface area (Å²) in [6, 6.07) is 7.52. The van der Waals surface area contributed by atoms with E-state index in [9.17, 15) is 9.90 Å². The lowest BCUT2D eigenvalue weighted by molar-refractivity contribution is 0.0711. The zero-order valence-electron chi connectivity index (χ0n) is 15.1. The lowest BCUT2D eigenvalue weighted by atomic mass is 10.1. The molecule has 0 spiro atoms. The van der Waals surface area contributed by atoms with E-state index < -0.39 is 5.60 Å². The molecule has 1 amide bonds. The minimum atomic E-state index is -0.981. The van der Waals surface area contributed by atoms with Gasteiger partial charge in [-0.3, -0.25) is 4.79 Å². The van der Waals surface area contributed by atoms with Crippen molar-refractivity contribution in [2.24, 2.45) is 4.99 Å². The van der Waals surface area contributed by atoms with E-state index in [4.69, 9.17) is 0 Å². The molecule has 2 aromatic rings. The highest BCUT2D eigenvalue weighted by atomic mass is 32.1. The minimum absolute atomic E-state index is 0.0347. The Morgan fingerprint density at radius 1 is 1.15 bits per heavy atom. The predicted molar refractivity (Wildman–Crippen MR) is 109 cm³/mol. The van der Waals surface area contributed by atoms with Gasteiger partial charge in [0.1, 0.15) is 5.60 Å². The number of guanidine groups is 1. The van der Waals surface area contributed by atoms with Crippen molar-refractivity contribution in [2.75, 3.05) is 26.2 Å². The van der Waals surface area contributed by atoms with E-state index in [1.807, 2.05) is 41.9 Å². The van der Waals surface area contributed by atoms with E-state index in [1.54, 1.807) is 6.92 Å². The molecule has 1 atom stereocenters. The monoisotopic (exact) mass is 394 g/mol. The fraction of sp³-hybridized carbons (Fsp3) is 0.444. The standard InChI is InChI=1S/C18H26N4O2S2/c1-3-19-17(22-13-18(2,24)15-8-5-12-26-15)21-10-6-9-20-16(23)14-7-4-11-25-14/h4-5,7-8,11-12,24H,3,6,9-10,13H2,1-2H3,(H,20,23)(H2,19,21,22). The highest BCUT2D eigenvalue weighted by Gasteiger charge is 2.23. The number of thiophene rings is 2. The van der Waals surface area contributed by atoms with Crippen LogP contribution < -0.4 is 16.0 Å². The van der Waals surface area contributed by atoms with E-state index in [1.165, 1.54) is 22.7 Å². The molecule has 4 N–H and O–H groups in total. The first-order valence-corrected chi connectivity index (χ1v) is 10.4. The maximum absolute atomic E-state index is 11.8. The van der Waals surface area contributed by atoms with Gasteiger partial charge < -0.3 is 21.1 Å². The van der Waals surface area contributed by atoms with Gasteiger partial charge in [0.2, 0.25) is 0 Å². The lowest BCUT2D eigenvalue weighted by Crippen LogP contribution is -2.40. The molecule has 0 radical (unpaired) electrons. The Morgan fingerprint density at radius 3 is 2.54 bits per heavy atom. The molecule has 0 aliphatic rings. The average molecular weight is 395 g/mol. The van der Waals surface area contributed by atoms with Gasteiger partial charge in [-0.1, -0.05) is 12.1 Å². The maximum atomic E-state index is 11.8. The quantitative estimate of drug-likeness (QED) is 0.299. The number of hydrogen-bond acceptors (Lipinski definition) is 5. The van der Waals surface area contributed by atoms with Gasteiger partial charge in [-0.05, 0) is 43.2 Å². The number of amides is 1. The van der Waals surface area contributed by atoms with Gasteiger partial charge in [-0.15, -0.1) is 22.7 Å². The molecule has 142 valence electrons. The highest BCUT2D eigenvalue weighted by molar-refractivity contribution is 7.12. The van der Waals surface area contributed by atoms with Crippen LogP contribution in [0.4, 0.5) is 0 Å². The van der Waals surface area contributed by atoms with E-state index >= 15 is 0 Å². The van der Waals surface area contributed by atoms with Crippen LogP contribution in [0.1, 0.15) is 34.8 Å². The average Bonchev–Trinajstić information content (AvgIpc) is 3.32. The summed E-state index contributed by atoms with van der Waals surface area (Å²) in [5, 5.41) is 23.7. The fourth-order valence-corrected chi connectivity index (χ4v) is 3.65. The molecule has 6 nitrogen and oxygen atoms in total. The number of nitrogens with one attached hydrogen (secondary N) is 3. The van der Waals surface area contributed by atoms with Crippen molar-refractivity contribution in [3.05, 3.63) is 44.8 Å². The Balaban J connectivity index is 1.74. The van der Waals surface area contributed by atoms with Crippen LogP contribution in [-0.2, 0) is 5.60 Å². The van der Waals surface area contributed by atoms with Gasteiger partial charge in [0, 0.05) is 24.5 Å². The molecule has 2 heterocycles. The fourth-order valence-electron chi connectivity index (χ4n) is 2.23. The van der Waals surface area contributed by atoms with Crippen molar-refractivity contribution in [3.63, 3.8) is 0 Å².